The Morgan fingerprint density at radius 3 is 2.04 bits per heavy atom. The first-order valence-corrected chi connectivity index (χ1v) is 9.99. The van der Waals surface area contributed by atoms with E-state index in [0.717, 1.165) is 18.4 Å². The molecule has 1 fully saturated rings. The molecule has 5 heteroatoms. The first-order chi connectivity index (χ1) is 11.0. The van der Waals surface area contributed by atoms with Crippen LogP contribution in [-0.4, -0.2) is 39.0 Å². The van der Waals surface area contributed by atoms with Gasteiger partial charge in [-0.2, -0.15) is 4.31 Å². The van der Waals surface area contributed by atoms with E-state index in [4.69, 9.17) is 4.74 Å². The summed E-state index contributed by atoms with van der Waals surface area (Å²) in [7, 11) is -1.67. The molecule has 2 rings (SSSR count). The van der Waals surface area contributed by atoms with Crippen LogP contribution in [0.15, 0.2) is 29.2 Å². The highest BCUT2D eigenvalue weighted by molar-refractivity contribution is 7.89. The minimum Gasteiger partial charge on any atom is -0.381 e. The fourth-order valence-electron chi connectivity index (χ4n) is 2.29. The third-order valence-electron chi connectivity index (χ3n) is 3.45. The highest BCUT2D eigenvalue weighted by atomic mass is 32.2. The summed E-state index contributed by atoms with van der Waals surface area (Å²) in [6, 6.07) is 7.12. The highest BCUT2D eigenvalue weighted by Crippen LogP contribution is 2.23. The van der Waals surface area contributed by atoms with Gasteiger partial charge in [0.05, 0.1) is 11.0 Å². The molecule has 0 aromatic heterocycles. The zero-order valence-electron chi connectivity index (χ0n) is 15.5. The molecule has 0 saturated carbocycles. The molecule has 0 aliphatic carbocycles. The first-order valence-electron chi connectivity index (χ1n) is 8.55. The predicted molar refractivity (Wildman–Crippen MR) is 97.3 cm³/mol. The summed E-state index contributed by atoms with van der Waals surface area (Å²) < 4.78 is 31.8. The normalized spacial score (nSPS) is 15.9. The molecule has 1 aromatic rings. The van der Waals surface area contributed by atoms with Crippen LogP contribution in [0.5, 0.6) is 0 Å². The summed E-state index contributed by atoms with van der Waals surface area (Å²) >= 11 is 0. The maximum atomic E-state index is 12.5. The van der Waals surface area contributed by atoms with E-state index in [2.05, 4.69) is 13.8 Å². The van der Waals surface area contributed by atoms with Gasteiger partial charge in [-0.15, -0.1) is 0 Å². The number of hydrogen-bond donors (Lipinski definition) is 0. The van der Waals surface area contributed by atoms with Crippen LogP contribution < -0.4 is 0 Å². The van der Waals surface area contributed by atoms with Crippen molar-refractivity contribution in [1.29, 1.82) is 0 Å². The number of nitrogens with zero attached hydrogens (tertiary/aromatic N) is 1. The maximum Gasteiger partial charge on any atom is 0.243 e. The monoisotopic (exact) mass is 343 g/mol. The number of sulfonamides is 1. The van der Waals surface area contributed by atoms with Gasteiger partial charge in [0.1, 0.15) is 0 Å². The van der Waals surface area contributed by atoms with Crippen molar-refractivity contribution in [1.82, 2.24) is 4.31 Å². The zero-order valence-corrected chi connectivity index (χ0v) is 16.3. The lowest BCUT2D eigenvalue weighted by molar-refractivity contribution is 0.0604. The van der Waals surface area contributed by atoms with Crippen molar-refractivity contribution in [2.24, 2.45) is 0 Å². The molecule has 1 aromatic carbocycles. The zero-order chi connectivity index (χ0) is 17.9. The summed E-state index contributed by atoms with van der Waals surface area (Å²) in [5, 5.41) is 0. The van der Waals surface area contributed by atoms with Crippen molar-refractivity contribution in [3.63, 3.8) is 0 Å². The fraction of sp³-hybridized carbons (Fsp3) is 0.667. The Morgan fingerprint density at radius 2 is 1.61 bits per heavy atom. The quantitative estimate of drug-likeness (QED) is 0.825. The lowest BCUT2D eigenvalue weighted by Gasteiger charge is -2.30. The van der Waals surface area contributed by atoms with Gasteiger partial charge in [-0.3, -0.25) is 0 Å². The van der Waals surface area contributed by atoms with E-state index in [1.54, 1.807) is 23.5 Å². The molecule has 4 nitrogen and oxygen atoms in total. The second-order valence-electron chi connectivity index (χ2n) is 5.31. The Kier molecular flexibility index (Phi) is 11.1. The van der Waals surface area contributed by atoms with Crippen LogP contribution in [0.25, 0.3) is 0 Å². The largest absolute Gasteiger partial charge is 0.381 e. The van der Waals surface area contributed by atoms with Gasteiger partial charge in [0.2, 0.25) is 10.0 Å². The first kappa shape index (κ1) is 22.1. The summed E-state index contributed by atoms with van der Waals surface area (Å²) in [4.78, 5) is 0.417. The van der Waals surface area contributed by atoms with E-state index in [1.807, 2.05) is 32.9 Å². The van der Waals surface area contributed by atoms with Crippen molar-refractivity contribution in [3.8, 4) is 0 Å². The van der Waals surface area contributed by atoms with Gasteiger partial charge < -0.3 is 4.74 Å². The van der Waals surface area contributed by atoms with Crippen LogP contribution >= 0.6 is 0 Å². The average molecular weight is 344 g/mol. The number of ether oxygens (including phenoxy) is 1. The van der Waals surface area contributed by atoms with E-state index in [0.29, 0.717) is 18.0 Å². The molecule has 0 radical (unpaired) electrons. The van der Waals surface area contributed by atoms with Gasteiger partial charge in [-0.05, 0) is 31.4 Å². The Hall–Kier alpha value is -0.910. The van der Waals surface area contributed by atoms with Crippen LogP contribution in [0.4, 0.5) is 0 Å². The van der Waals surface area contributed by atoms with Crippen LogP contribution in [0.3, 0.4) is 0 Å². The highest BCUT2D eigenvalue weighted by Gasteiger charge is 2.29. The molecule has 0 bridgehead atoms. The summed E-state index contributed by atoms with van der Waals surface area (Å²) in [6.07, 6.45) is 2.97. The van der Waals surface area contributed by atoms with Crippen molar-refractivity contribution in [3.05, 3.63) is 29.8 Å². The minimum atomic E-state index is -3.35. The minimum absolute atomic E-state index is 0.188. The van der Waals surface area contributed by atoms with E-state index in [9.17, 15) is 8.42 Å². The summed E-state index contributed by atoms with van der Waals surface area (Å²) in [6.45, 7) is 11.2. The van der Waals surface area contributed by atoms with Crippen molar-refractivity contribution < 1.29 is 13.2 Å². The van der Waals surface area contributed by atoms with E-state index >= 15 is 0 Å². The molecule has 0 N–H and O–H groups in total. The van der Waals surface area contributed by atoms with Gasteiger partial charge in [0.25, 0.3) is 0 Å². The van der Waals surface area contributed by atoms with Gasteiger partial charge in [0, 0.05) is 20.2 Å². The van der Waals surface area contributed by atoms with E-state index in [-0.39, 0.29) is 6.10 Å². The predicted octanol–water partition coefficient (Wildman–Crippen LogP) is 4.24. The molecule has 23 heavy (non-hydrogen) atoms. The molecule has 0 unspecified atom stereocenters. The number of piperidine rings is 1. The van der Waals surface area contributed by atoms with Gasteiger partial charge in [0.15, 0.2) is 0 Å². The van der Waals surface area contributed by atoms with Gasteiger partial charge in [-0.25, -0.2) is 8.42 Å². The smallest absolute Gasteiger partial charge is 0.243 e. The van der Waals surface area contributed by atoms with Gasteiger partial charge in [-0.1, -0.05) is 52.3 Å². The maximum absolute atomic E-state index is 12.5. The number of rotatable bonds is 3. The third-order valence-corrected chi connectivity index (χ3v) is 5.50. The summed E-state index contributed by atoms with van der Waals surface area (Å²) in [5.41, 5.74) is 0.798. The number of methoxy groups -OCH3 is 1. The Balaban J connectivity index is 0.000000868. The third kappa shape index (κ3) is 6.61. The summed E-state index contributed by atoms with van der Waals surface area (Å²) in [5.74, 6) is 0. The van der Waals surface area contributed by atoms with Crippen molar-refractivity contribution >= 4 is 10.0 Å². The van der Waals surface area contributed by atoms with Crippen molar-refractivity contribution in [2.75, 3.05) is 20.2 Å². The number of hydrogen-bond acceptors (Lipinski definition) is 3. The van der Waals surface area contributed by atoms with Crippen LogP contribution in [0.2, 0.25) is 0 Å². The molecular formula is C18H33NO3S. The molecule has 134 valence electrons. The molecule has 0 spiro atoms. The molecule has 0 amide bonds. The Bertz CT molecular complexity index is 521. The van der Waals surface area contributed by atoms with Crippen LogP contribution in [0.1, 0.15) is 52.5 Å². The molecule has 0 atom stereocenters. The average Bonchev–Trinajstić information content (AvgIpc) is 2.58. The molecular weight excluding hydrogens is 310 g/mol. The van der Waals surface area contributed by atoms with Crippen LogP contribution in [0, 0.1) is 6.92 Å². The molecule has 1 saturated heterocycles. The lowest BCUT2D eigenvalue weighted by atomic mass is 10.1. The Labute approximate surface area is 142 Å². The van der Waals surface area contributed by atoms with Crippen LogP contribution in [-0.2, 0) is 14.8 Å². The number of benzene rings is 1. The molecule has 1 aliphatic rings. The molecule has 1 aliphatic heterocycles. The molecule has 1 heterocycles. The lowest BCUT2D eigenvalue weighted by Crippen LogP contribution is -2.40. The fourth-order valence-corrected chi connectivity index (χ4v) is 3.99. The van der Waals surface area contributed by atoms with E-state index < -0.39 is 10.0 Å². The number of aryl methyl sites for hydroxylation is 1. The van der Waals surface area contributed by atoms with Crippen molar-refractivity contribution in [2.45, 2.75) is 64.9 Å². The second kappa shape index (κ2) is 11.6. The second-order valence-corrected chi connectivity index (χ2v) is 7.22. The van der Waals surface area contributed by atoms with E-state index in [1.165, 1.54) is 6.42 Å². The Morgan fingerprint density at radius 1 is 1.13 bits per heavy atom. The topological polar surface area (TPSA) is 46.6 Å². The SMILES string of the molecule is CC.CCC.COC1CCN(S(=O)(=O)c2ccccc2C)CC1. The van der Waals surface area contributed by atoms with Gasteiger partial charge >= 0.3 is 0 Å². The standard InChI is InChI=1S/C13H19NO3S.C3H8.C2H6/c1-11-5-3-4-6-13(11)18(15,16)14-9-7-12(17-2)8-10-14;1-3-2;1-2/h3-6,12H,7-10H2,1-2H3;3H2,1-2H3;1-2H3.